The molecule has 2 unspecified atom stereocenters. The lowest BCUT2D eigenvalue weighted by molar-refractivity contribution is 0.480. The smallest absolute Gasteiger partial charge is 0.160 e. The zero-order chi connectivity index (χ0) is 15.2. The zero-order valence-corrected chi connectivity index (χ0v) is 12.8. The maximum absolute atomic E-state index is 4.29. The highest BCUT2D eigenvalue weighted by Gasteiger charge is 2.29. The number of fused-ring (bicyclic) bond motifs is 2. The van der Waals surface area contributed by atoms with Crippen LogP contribution in [0.15, 0.2) is 48.8 Å². The Labute approximate surface area is 134 Å². The fourth-order valence-corrected chi connectivity index (χ4v) is 3.99. The first-order chi connectivity index (χ1) is 11.4. The van der Waals surface area contributed by atoms with E-state index in [1.165, 1.54) is 41.5 Å². The second kappa shape index (κ2) is 4.95. The highest BCUT2D eigenvalue weighted by molar-refractivity contribution is 6.00. The molecule has 0 amide bonds. The normalized spacial score (nSPS) is 22.4. The van der Waals surface area contributed by atoms with E-state index in [9.17, 15) is 0 Å². The highest BCUT2D eigenvalue weighted by Crippen LogP contribution is 2.44. The maximum Gasteiger partial charge on any atom is 0.160 e. The standard InChI is InChI=1S/C19H18N4/c1-2-6-12(7-3-1)18-15-10-20-19-17(15)14(11-21-23-19)13-8-4-5-9-16(13)22-18/h2,4-6,8-12,18,22H,1,3,7H2,(H,20,23). The molecule has 114 valence electrons. The summed E-state index contributed by atoms with van der Waals surface area (Å²) >= 11 is 0. The minimum atomic E-state index is 0.270. The van der Waals surface area contributed by atoms with Crippen LogP contribution in [-0.2, 0) is 0 Å². The van der Waals surface area contributed by atoms with Crippen molar-refractivity contribution >= 4 is 16.7 Å². The van der Waals surface area contributed by atoms with Crippen LogP contribution in [-0.4, -0.2) is 15.2 Å². The predicted molar refractivity (Wildman–Crippen MR) is 92.2 cm³/mol. The molecule has 0 spiro atoms. The third-order valence-electron chi connectivity index (χ3n) is 5.09. The SMILES string of the molecule is C1=CC(C2Nc3ccccc3-c3cnnc4[nH]cc2c34)CCC1. The lowest BCUT2D eigenvalue weighted by atomic mass is 9.85. The van der Waals surface area contributed by atoms with Crippen molar-refractivity contribution in [2.45, 2.75) is 25.3 Å². The molecule has 0 radical (unpaired) electrons. The Kier molecular flexibility index (Phi) is 2.77. The van der Waals surface area contributed by atoms with Gasteiger partial charge >= 0.3 is 0 Å². The summed E-state index contributed by atoms with van der Waals surface area (Å²) in [6.45, 7) is 0. The van der Waals surface area contributed by atoms with Crippen LogP contribution in [0.1, 0.15) is 30.9 Å². The number of hydrogen-bond acceptors (Lipinski definition) is 3. The van der Waals surface area contributed by atoms with Crippen LogP contribution >= 0.6 is 0 Å². The van der Waals surface area contributed by atoms with E-state index >= 15 is 0 Å². The number of aromatic amines is 1. The van der Waals surface area contributed by atoms with Crippen molar-refractivity contribution in [2.75, 3.05) is 5.32 Å². The summed E-state index contributed by atoms with van der Waals surface area (Å²) in [5, 5.41) is 13.5. The molecular formula is C19H18N4. The van der Waals surface area contributed by atoms with Crippen molar-refractivity contribution in [3.05, 3.63) is 54.4 Å². The number of aromatic nitrogens is 3. The number of allylic oxidation sites excluding steroid dienone is 1. The molecule has 0 fully saturated rings. The van der Waals surface area contributed by atoms with Crippen molar-refractivity contribution in [1.29, 1.82) is 0 Å². The fraction of sp³-hybridized carbons (Fsp3) is 0.263. The average Bonchev–Trinajstić information content (AvgIpc) is 2.98. The minimum absolute atomic E-state index is 0.270. The summed E-state index contributed by atoms with van der Waals surface area (Å²) in [6.07, 6.45) is 12.4. The Hall–Kier alpha value is -2.62. The first-order valence-electron chi connectivity index (χ1n) is 8.27. The Bertz CT molecular complexity index is 909. The van der Waals surface area contributed by atoms with Crippen LogP contribution in [0.3, 0.4) is 0 Å². The van der Waals surface area contributed by atoms with Gasteiger partial charge in [0.15, 0.2) is 5.65 Å². The molecule has 2 aliphatic rings. The van der Waals surface area contributed by atoms with Gasteiger partial charge in [0.2, 0.25) is 0 Å². The number of nitrogens with one attached hydrogen (secondary N) is 2. The van der Waals surface area contributed by atoms with E-state index in [1.807, 2.05) is 6.20 Å². The van der Waals surface area contributed by atoms with Gasteiger partial charge in [-0.2, -0.15) is 5.10 Å². The molecule has 2 aromatic heterocycles. The van der Waals surface area contributed by atoms with Crippen molar-refractivity contribution in [3.8, 4) is 11.1 Å². The molecule has 1 aliphatic heterocycles. The summed E-state index contributed by atoms with van der Waals surface area (Å²) < 4.78 is 0. The number of benzene rings is 1. The van der Waals surface area contributed by atoms with E-state index in [2.05, 4.69) is 63.1 Å². The lowest BCUT2D eigenvalue weighted by Gasteiger charge is -2.28. The van der Waals surface area contributed by atoms with Gasteiger partial charge < -0.3 is 10.3 Å². The average molecular weight is 302 g/mol. The Morgan fingerprint density at radius 2 is 2.09 bits per heavy atom. The number of para-hydroxylation sites is 1. The van der Waals surface area contributed by atoms with Gasteiger partial charge in [0.05, 0.1) is 12.2 Å². The van der Waals surface area contributed by atoms with Gasteiger partial charge in [-0.1, -0.05) is 30.4 Å². The number of rotatable bonds is 1. The topological polar surface area (TPSA) is 53.6 Å². The van der Waals surface area contributed by atoms with Crippen molar-refractivity contribution in [2.24, 2.45) is 5.92 Å². The second-order valence-corrected chi connectivity index (χ2v) is 6.42. The summed E-state index contributed by atoms with van der Waals surface area (Å²) in [5.74, 6) is 0.509. The molecule has 0 saturated heterocycles. The van der Waals surface area contributed by atoms with Crippen LogP contribution < -0.4 is 5.32 Å². The first kappa shape index (κ1) is 12.9. The fourth-order valence-electron chi connectivity index (χ4n) is 3.99. The van der Waals surface area contributed by atoms with Gasteiger partial charge in [0.25, 0.3) is 0 Å². The van der Waals surface area contributed by atoms with Gasteiger partial charge in [0.1, 0.15) is 0 Å². The molecule has 3 aromatic rings. The van der Waals surface area contributed by atoms with Crippen molar-refractivity contribution < 1.29 is 0 Å². The first-order valence-corrected chi connectivity index (χ1v) is 8.27. The summed E-state index contributed by atoms with van der Waals surface area (Å²) in [7, 11) is 0. The largest absolute Gasteiger partial charge is 0.377 e. The molecule has 3 heterocycles. The lowest BCUT2D eigenvalue weighted by Crippen LogP contribution is -2.20. The van der Waals surface area contributed by atoms with E-state index in [0.29, 0.717) is 5.92 Å². The number of H-pyrrole nitrogens is 1. The minimum Gasteiger partial charge on any atom is -0.377 e. The number of anilines is 1. The number of hydrogen-bond donors (Lipinski definition) is 2. The van der Waals surface area contributed by atoms with E-state index < -0.39 is 0 Å². The van der Waals surface area contributed by atoms with Crippen molar-refractivity contribution in [3.63, 3.8) is 0 Å². The zero-order valence-electron chi connectivity index (χ0n) is 12.8. The Morgan fingerprint density at radius 1 is 1.13 bits per heavy atom. The molecule has 2 atom stereocenters. The van der Waals surface area contributed by atoms with Crippen molar-refractivity contribution in [1.82, 2.24) is 15.2 Å². The van der Waals surface area contributed by atoms with Crippen LogP contribution in [0.5, 0.6) is 0 Å². The van der Waals surface area contributed by atoms with Gasteiger partial charge in [-0.3, -0.25) is 0 Å². The van der Waals surface area contributed by atoms with Crippen LogP contribution in [0.4, 0.5) is 5.69 Å². The molecule has 2 N–H and O–H groups in total. The van der Waals surface area contributed by atoms with Gasteiger partial charge in [-0.25, -0.2) is 0 Å². The number of nitrogens with zero attached hydrogens (tertiary/aromatic N) is 2. The summed E-state index contributed by atoms with van der Waals surface area (Å²) in [6, 6.07) is 8.77. The highest BCUT2D eigenvalue weighted by atomic mass is 15.1. The molecular weight excluding hydrogens is 284 g/mol. The van der Waals surface area contributed by atoms with E-state index in [1.54, 1.807) is 0 Å². The quantitative estimate of drug-likeness (QED) is 0.653. The molecule has 4 heteroatoms. The maximum atomic E-state index is 4.29. The van der Waals surface area contributed by atoms with Gasteiger partial charge in [-0.15, -0.1) is 5.10 Å². The van der Waals surface area contributed by atoms with E-state index in [-0.39, 0.29) is 6.04 Å². The summed E-state index contributed by atoms with van der Waals surface area (Å²) in [5.41, 5.74) is 5.73. The Balaban J connectivity index is 1.79. The monoisotopic (exact) mass is 302 g/mol. The molecule has 0 saturated carbocycles. The Morgan fingerprint density at radius 3 is 3.00 bits per heavy atom. The second-order valence-electron chi connectivity index (χ2n) is 6.42. The third kappa shape index (κ3) is 1.91. The predicted octanol–water partition coefficient (Wildman–Crippen LogP) is 4.45. The molecule has 23 heavy (non-hydrogen) atoms. The molecule has 1 aliphatic carbocycles. The van der Waals surface area contributed by atoms with E-state index in [0.717, 1.165) is 11.2 Å². The van der Waals surface area contributed by atoms with E-state index in [4.69, 9.17) is 0 Å². The molecule has 0 bridgehead atoms. The van der Waals surface area contributed by atoms with Crippen LogP contribution in [0.2, 0.25) is 0 Å². The molecule has 4 nitrogen and oxygen atoms in total. The van der Waals surface area contributed by atoms with Gasteiger partial charge in [0, 0.05) is 39.9 Å². The third-order valence-corrected chi connectivity index (χ3v) is 5.09. The van der Waals surface area contributed by atoms with Crippen LogP contribution in [0.25, 0.3) is 22.2 Å². The molecule has 5 rings (SSSR count). The van der Waals surface area contributed by atoms with Crippen LogP contribution in [0, 0.1) is 5.92 Å². The molecule has 1 aromatic carbocycles. The van der Waals surface area contributed by atoms with Gasteiger partial charge in [-0.05, 0) is 25.3 Å². The summed E-state index contributed by atoms with van der Waals surface area (Å²) in [4.78, 5) is 3.31.